The van der Waals surface area contributed by atoms with E-state index in [1.807, 2.05) is 0 Å². The van der Waals surface area contributed by atoms with Crippen LogP contribution in [0.25, 0.3) is 0 Å². The third-order valence-corrected chi connectivity index (χ3v) is 4.86. The van der Waals surface area contributed by atoms with Crippen LogP contribution in [0.15, 0.2) is 36.7 Å². The van der Waals surface area contributed by atoms with E-state index in [1.54, 1.807) is 0 Å². The first-order valence-electron chi connectivity index (χ1n) is 10.4. The highest BCUT2D eigenvalue weighted by Crippen LogP contribution is 2.20. The van der Waals surface area contributed by atoms with E-state index in [9.17, 15) is 0 Å². The van der Waals surface area contributed by atoms with Crippen molar-refractivity contribution in [2.24, 2.45) is 0 Å². The second kappa shape index (κ2) is 15.5. The van der Waals surface area contributed by atoms with E-state index >= 15 is 0 Å². The molecule has 0 N–H and O–H groups in total. The van der Waals surface area contributed by atoms with Crippen molar-refractivity contribution in [1.29, 1.82) is 0 Å². The summed E-state index contributed by atoms with van der Waals surface area (Å²) in [4.78, 5) is 2.34. The van der Waals surface area contributed by atoms with Gasteiger partial charge in [-0.05, 0) is 44.9 Å². The van der Waals surface area contributed by atoms with E-state index in [0.717, 1.165) is 32.2 Å². The van der Waals surface area contributed by atoms with Crippen LogP contribution in [0.2, 0.25) is 0 Å². The summed E-state index contributed by atoms with van der Waals surface area (Å²) >= 11 is 0. The predicted molar refractivity (Wildman–Crippen MR) is 111 cm³/mol. The second-order valence-corrected chi connectivity index (χ2v) is 7.07. The second-order valence-electron chi connectivity index (χ2n) is 7.07. The first-order valence-corrected chi connectivity index (χ1v) is 10.4. The fourth-order valence-electron chi connectivity index (χ4n) is 3.03. The maximum atomic E-state index is 4.29. The highest BCUT2D eigenvalue weighted by Gasteiger charge is 2.08. The monoisotopic (exact) mass is 333 g/mol. The minimum atomic E-state index is 1.02. The van der Waals surface area contributed by atoms with Gasteiger partial charge in [0.25, 0.3) is 0 Å². The van der Waals surface area contributed by atoms with Gasteiger partial charge >= 0.3 is 0 Å². The van der Waals surface area contributed by atoms with Gasteiger partial charge < -0.3 is 4.90 Å². The third-order valence-electron chi connectivity index (χ3n) is 4.86. The van der Waals surface area contributed by atoms with Crippen molar-refractivity contribution in [2.75, 3.05) is 6.54 Å². The molecular weight excluding hydrogens is 290 g/mol. The van der Waals surface area contributed by atoms with Crippen LogP contribution >= 0.6 is 0 Å². The molecule has 1 heteroatoms. The minimum Gasteiger partial charge on any atom is -0.350 e. The Labute approximate surface area is 152 Å². The zero-order chi connectivity index (χ0) is 18.2. The molecule has 0 aromatic rings. The summed E-state index contributed by atoms with van der Waals surface area (Å²) in [6.45, 7) is 20.2. The van der Waals surface area contributed by atoms with Crippen LogP contribution in [0, 0.1) is 0 Å². The Morgan fingerprint density at radius 1 is 0.625 bits per heavy atom. The lowest BCUT2D eigenvalue weighted by atomic mass is 10.0. The Balaban J connectivity index is 3.59. The molecular formula is C23H43N. The van der Waals surface area contributed by atoms with Gasteiger partial charge in [0.15, 0.2) is 0 Å². The lowest BCUT2D eigenvalue weighted by Crippen LogP contribution is -2.22. The van der Waals surface area contributed by atoms with Crippen molar-refractivity contribution >= 4 is 0 Å². The van der Waals surface area contributed by atoms with Crippen LogP contribution in [0.3, 0.4) is 0 Å². The summed E-state index contributed by atoms with van der Waals surface area (Å²) in [5.41, 5.74) is 3.89. The zero-order valence-corrected chi connectivity index (χ0v) is 17.0. The van der Waals surface area contributed by atoms with Crippen LogP contribution in [-0.2, 0) is 0 Å². The highest BCUT2D eigenvalue weighted by molar-refractivity contribution is 5.06. The molecule has 0 radical (unpaired) electrons. The molecule has 0 atom stereocenters. The van der Waals surface area contributed by atoms with Gasteiger partial charge in [-0.3, -0.25) is 0 Å². The Hall–Kier alpha value is -0.980. The minimum absolute atomic E-state index is 1.02. The lowest BCUT2D eigenvalue weighted by Gasteiger charge is -2.28. The van der Waals surface area contributed by atoms with E-state index in [1.165, 1.54) is 74.8 Å². The molecule has 0 aromatic carbocycles. The molecule has 0 amide bonds. The van der Waals surface area contributed by atoms with Gasteiger partial charge in [-0.25, -0.2) is 0 Å². The summed E-state index contributed by atoms with van der Waals surface area (Å²) in [6.07, 6.45) is 16.5. The molecule has 0 rings (SSSR count). The molecule has 140 valence electrons. The van der Waals surface area contributed by atoms with Gasteiger partial charge in [-0.1, -0.05) is 84.6 Å². The SMILES string of the molecule is C=C(CC)CCCCCCCCCCC(=C)N(CCC)C(=C)CC. The van der Waals surface area contributed by atoms with E-state index in [-0.39, 0.29) is 0 Å². The van der Waals surface area contributed by atoms with Crippen LogP contribution in [0.1, 0.15) is 104 Å². The number of nitrogens with zero attached hydrogens (tertiary/aromatic N) is 1. The Bertz CT molecular complexity index is 353. The Kier molecular flexibility index (Phi) is 14.9. The van der Waals surface area contributed by atoms with Crippen molar-refractivity contribution in [1.82, 2.24) is 4.90 Å². The molecule has 0 heterocycles. The van der Waals surface area contributed by atoms with Crippen molar-refractivity contribution in [3.63, 3.8) is 0 Å². The molecule has 0 spiro atoms. The van der Waals surface area contributed by atoms with Crippen LogP contribution in [0.4, 0.5) is 0 Å². The molecule has 0 aliphatic heterocycles. The Morgan fingerprint density at radius 2 is 1.12 bits per heavy atom. The van der Waals surface area contributed by atoms with Crippen LogP contribution in [-0.4, -0.2) is 11.4 Å². The maximum absolute atomic E-state index is 4.29. The third kappa shape index (κ3) is 11.5. The molecule has 24 heavy (non-hydrogen) atoms. The number of allylic oxidation sites excluding steroid dienone is 3. The van der Waals surface area contributed by atoms with E-state index < -0.39 is 0 Å². The van der Waals surface area contributed by atoms with Crippen LogP contribution < -0.4 is 0 Å². The van der Waals surface area contributed by atoms with Gasteiger partial charge in [0.1, 0.15) is 0 Å². The largest absolute Gasteiger partial charge is 0.350 e. The lowest BCUT2D eigenvalue weighted by molar-refractivity contribution is 0.395. The first kappa shape index (κ1) is 23.0. The quantitative estimate of drug-likeness (QED) is 0.192. The number of rotatable bonds is 17. The van der Waals surface area contributed by atoms with E-state index in [2.05, 4.69) is 45.4 Å². The molecule has 0 aliphatic rings. The fraction of sp³-hybridized carbons (Fsp3) is 0.739. The van der Waals surface area contributed by atoms with Gasteiger partial charge in [0, 0.05) is 17.9 Å². The van der Waals surface area contributed by atoms with Gasteiger partial charge in [0.05, 0.1) is 0 Å². The molecule has 1 nitrogen and oxygen atoms in total. The first-order chi connectivity index (χ1) is 11.6. The molecule has 0 saturated heterocycles. The predicted octanol–water partition coefficient (Wildman–Crippen LogP) is 8.00. The normalized spacial score (nSPS) is 10.6. The average Bonchev–Trinajstić information content (AvgIpc) is 2.59. The fourth-order valence-corrected chi connectivity index (χ4v) is 3.03. The highest BCUT2D eigenvalue weighted by atomic mass is 15.1. The number of hydrogen-bond donors (Lipinski definition) is 0. The average molecular weight is 334 g/mol. The smallest absolute Gasteiger partial charge is 0.0221 e. The zero-order valence-electron chi connectivity index (χ0n) is 17.0. The summed E-state index contributed by atoms with van der Waals surface area (Å²) in [5, 5.41) is 0. The number of unbranched alkanes of at least 4 members (excludes halogenated alkanes) is 7. The summed E-state index contributed by atoms with van der Waals surface area (Å²) < 4.78 is 0. The molecule has 0 unspecified atom stereocenters. The van der Waals surface area contributed by atoms with Gasteiger partial charge in [-0.2, -0.15) is 0 Å². The molecule has 0 aliphatic carbocycles. The van der Waals surface area contributed by atoms with Gasteiger partial charge in [0.2, 0.25) is 0 Å². The molecule has 0 bridgehead atoms. The van der Waals surface area contributed by atoms with Crippen molar-refractivity contribution in [2.45, 2.75) is 104 Å². The Morgan fingerprint density at radius 3 is 1.58 bits per heavy atom. The molecule has 0 saturated carbocycles. The van der Waals surface area contributed by atoms with Crippen molar-refractivity contribution in [3.05, 3.63) is 36.7 Å². The van der Waals surface area contributed by atoms with Crippen molar-refractivity contribution < 1.29 is 0 Å². The summed E-state index contributed by atoms with van der Waals surface area (Å²) in [5.74, 6) is 0. The van der Waals surface area contributed by atoms with Crippen LogP contribution in [0.5, 0.6) is 0 Å². The standard InChI is InChI=1S/C23H43N/c1-7-20-24(22(5)9-3)23(6)19-17-15-13-11-10-12-14-16-18-21(4)8-2/h4-20H2,1-3H3. The number of hydrogen-bond acceptors (Lipinski definition) is 1. The summed E-state index contributed by atoms with van der Waals surface area (Å²) in [6, 6.07) is 0. The maximum Gasteiger partial charge on any atom is 0.0221 e. The topological polar surface area (TPSA) is 3.24 Å². The molecule has 0 aromatic heterocycles. The summed E-state index contributed by atoms with van der Waals surface area (Å²) in [7, 11) is 0. The molecule has 0 fully saturated rings. The van der Waals surface area contributed by atoms with E-state index in [0.29, 0.717) is 0 Å². The van der Waals surface area contributed by atoms with E-state index in [4.69, 9.17) is 0 Å². The van der Waals surface area contributed by atoms with Gasteiger partial charge in [-0.15, -0.1) is 0 Å². The van der Waals surface area contributed by atoms with Crippen molar-refractivity contribution in [3.8, 4) is 0 Å².